The van der Waals surface area contributed by atoms with E-state index in [1.165, 1.54) is 0 Å². The van der Waals surface area contributed by atoms with Crippen molar-refractivity contribution in [3.05, 3.63) is 40.0 Å². The maximum atomic E-state index is 11.7. The zero-order valence-corrected chi connectivity index (χ0v) is 16.8. The lowest BCUT2D eigenvalue weighted by molar-refractivity contribution is -0.143. The Morgan fingerprint density at radius 1 is 1.04 bits per heavy atom. The van der Waals surface area contributed by atoms with Crippen molar-refractivity contribution in [1.29, 1.82) is 0 Å². The van der Waals surface area contributed by atoms with E-state index in [9.17, 15) is 9.59 Å². The van der Waals surface area contributed by atoms with E-state index in [-0.39, 0.29) is 25.2 Å². The summed E-state index contributed by atoms with van der Waals surface area (Å²) < 4.78 is 16.6. The van der Waals surface area contributed by atoms with Crippen molar-refractivity contribution in [2.75, 3.05) is 19.8 Å². The molecule has 0 aliphatic heterocycles. The molecule has 0 amide bonds. The molecule has 0 fully saturated rings. The summed E-state index contributed by atoms with van der Waals surface area (Å²) in [5.74, 6) is 2.43. The standard InChI is InChI=1S/C20H23IO5/c1-3-13-24-19(22)11-5-4-6-12-20(23)26-15-16(2)14-25-18-10-8-7-9-17(18)21/h1,7-10H,2,4-6,11-15H2. The molecule has 0 aliphatic carbocycles. The third kappa shape index (κ3) is 10.1. The number of rotatable bonds is 12. The number of para-hydroxylation sites is 1. The molecule has 1 aromatic rings. The van der Waals surface area contributed by atoms with Crippen LogP contribution in [0.1, 0.15) is 32.1 Å². The van der Waals surface area contributed by atoms with Gasteiger partial charge in [0.05, 0.1) is 3.57 Å². The fourth-order valence-electron chi connectivity index (χ4n) is 1.95. The van der Waals surface area contributed by atoms with Gasteiger partial charge in [0.25, 0.3) is 0 Å². The number of hydrogen-bond acceptors (Lipinski definition) is 5. The molecule has 1 rings (SSSR count). The molecule has 0 spiro atoms. The Hall–Kier alpha value is -2.01. The fourth-order valence-corrected chi connectivity index (χ4v) is 2.49. The van der Waals surface area contributed by atoms with Crippen LogP contribution >= 0.6 is 22.6 Å². The maximum Gasteiger partial charge on any atom is 0.306 e. The SMILES string of the molecule is C#CCOC(=O)CCCCCC(=O)OCC(=C)COc1ccccc1I. The third-order valence-corrected chi connectivity index (χ3v) is 4.18. The number of unbranched alkanes of at least 4 members (excludes halogenated alkanes) is 2. The van der Waals surface area contributed by atoms with E-state index in [0.717, 1.165) is 15.7 Å². The molecule has 0 aliphatic rings. The molecule has 140 valence electrons. The number of terminal acetylenes is 1. The van der Waals surface area contributed by atoms with Crippen molar-refractivity contribution in [1.82, 2.24) is 0 Å². The second kappa shape index (κ2) is 13.2. The van der Waals surface area contributed by atoms with E-state index in [1.54, 1.807) is 0 Å². The Morgan fingerprint density at radius 3 is 2.35 bits per heavy atom. The lowest BCUT2D eigenvalue weighted by Gasteiger charge is -2.10. The summed E-state index contributed by atoms with van der Waals surface area (Å²) in [4.78, 5) is 22.9. The van der Waals surface area contributed by atoms with E-state index < -0.39 is 0 Å². The number of carbonyl (C=O) groups excluding carboxylic acids is 2. The lowest BCUT2D eigenvalue weighted by Crippen LogP contribution is -2.11. The first kappa shape index (κ1) is 22.0. The van der Waals surface area contributed by atoms with Gasteiger partial charge in [-0.3, -0.25) is 9.59 Å². The smallest absolute Gasteiger partial charge is 0.306 e. The number of ether oxygens (including phenoxy) is 3. The number of benzene rings is 1. The predicted octanol–water partition coefficient (Wildman–Crippen LogP) is 3.90. The van der Waals surface area contributed by atoms with Gasteiger partial charge in [-0.25, -0.2) is 0 Å². The molecule has 1 aromatic carbocycles. The number of carbonyl (C=O) groups is 2. The van der Waals surface area contributed by atoms with Crippen molar-refractivity contribution in [2.24, 2.45) is 0 Å². The van der Waals surface area contributed by atoms with Crippen molar-refractivity contribution in [2.45, 2.75) is 32.1 Å². The van der Waals surface area contributed by atoms with Crippen molar-refractivity contribution >= 4 is 34.5 Å². The molecule has 0 heterocycles. The molecule has 0 saturated carbocycles. The first-order chi connectivity index (χ1) is 12.5. The average Bonchev–Trinajstić information content (AvgIpc) is 2.63. The van der Waals surface area contributed by atoms with Gasteiger partial charge in [-0.2, -0.15) is 0 Å². The van der Waals surface area contributed by atoms with E-state index in [0.29, 0.717) is 37.9 Å². The summed E-state index contributed by atoms with van der Waals surface area (Å²) >= 11 is 2.19. The van der Waals surface area contributed by atoms with Crippen molar-refractivity contribution in [3.63, 3.8) is 0 Å². The molecular weight excluding hydrogens is 447 g/mol. The highest BCUT2D eigenvalue weighted by atomic mass is 127. The van der Waals surface area contributed by atoms with Gasteiger partial charge >= 0.3 is 11.9 Å². The van der Waals surface area contributed by atoms with Crippen LogP contribution in [0.5, 0.6) is 5.75 Å². The van der Waals surface area contributed by atoms with Crippen molar-refractivity contribution in [3.8, 4) is 18.1 Å². The first-order valence-electron chi connectivity index (χ1n) is 8.31. The van der Waals surface area contributed by atoms with Crippen LogP contribution in [0.15, 0.2) is 36.4 Å². The Bertz CT molecular complexity index is 648. The van der Waals surface area contributed by atoms with Crippen LogP contribution in [-0.4, -0.2) is 31.8 Å². The number of halogens is 1. The van der Waals surface area contributed by atoms with Gasteiger partial charge in [0, 0.05) is 12.8 Å². The molecular formula is C20H23IO5. The lowest BCUT2D eigenvalue weighted by atomic mass is 10.1. The summed E-state index contributed by atoms with van der Waals surface area (Å²) in [7, 11) is 0. The van der Waals surface area contributed by atoms with E-state index in [4.69, 9.17) is 20.6 Å². The maximum absolute atomic E-state index is 11.7. The number of esters is 2. The largest absolute Gasteiger partial charge is 0.488 e. The second-order valence-electron chi connectivity index (χ2n) is 5.56. The van der Waals surface area contributed by atoms with Crippen LogP contribution in [0.3, 0.4) is 0 Å². The Balaban J connectivity index is 2.07. The van der Waals surface area contributed by atoms with Gasteiger partial charge in [0.2, 0.25) is 0 Å². The van der Waals surface area contributed by atoms with Gasteiger partial charge in [0.1, 0.15) is 19.0 Å². The van der Waals surface area contributed by atoms with Crippen LogP contribution in [-0.2, 0) is 19.1 Å². The van der Waals surface area contributed by atoms with Gasteiger partial charge in [-0.05, 0) is 53.1 Å². The summed E-state index contributed by atoms with van der Waals surface area (Å²) in [6.07, 6.45) is 7.68. The predicted molar refractivity (Wildman–Crippen MR) is 108 cm³/mol. The second-order valence-corrected chi connectivity index (χ2v) is 6.72. The van der Waals surface area contributed by atoms with Gasteiger partial charge in [0.15, 0.2) is 6.61 Å². The molecule has 5 nitrogen and oxygen atoms in total. The molecule has 6 heteroatoms. The molecule has 0 aromatic heterocycles. The minimum absolute atomic E-state index is 0.00217. The Morgan fingerprint density at radius 2 is 1.69 bits per heavy atom. The molecule has 0 unspecified atom stereocenters. The van der Waals surface area contributed by atoms with E-state index in [2.05, 4.69) is 35.1 Å². The summed E-state index contributed by atoms with van der Waals surface area (Å²) in [6, 6.07) is 7.66. The molecule has 0 radical (unpaired) electrons. The highest BCUT2D eigenvalue weighted by Gasteiger charge is 2.07. The van der Waals surface area contributed by atoms with Crippen LogP contribution in [0.2, 0.25) is 0 Å². The molecule has 0 bridgehead atoms. The molecule has 26 heavy (non-hydrogen) atoms. The third-order valence-electron chi connectivity index (χ3n) is 3.28. The van der Waals surface area contributed by atoms with Crippen LogP contribution < -0.4 is 4.74 Å². The minimum Gasteiger partial charge on any atom is -0.488 e. The number of hydrogen-bond donors (Lipinski definition) is 0. The van der Waals surface area contributed by atoms with Gasteiger partial charge in [-0.15, -0.1) is 6.42 Å². The minimum atomic E-state index is -0.310. The Labute approximate surface area is 168 Å². The van der Waals surface area contributed by atoms with Crippen LogP contribution in [0.4, 0.5) is 0 Å². The molecule has 0 atom stereocenters. The van der Waals surface area contributed by atoms with Crippen molar-refractivity contribution < 1.29 is 23.8 Å². The fraction of sp³-hybridized carbons (Fsp3) is 0.400. The van der Waals surface area contributed by atoms with Gasteiger partial charge < -0.3 is 14.2 Å². The zero-order chi connectivity index (χ0) is 19.2. The first-order valence-corrected chi connectivity index (χ1v) is 9.39. The summed E-state index contributed by atoms with van der Waals surface area (Å²) in [5.41, 5.74) is 0.689. The van der Waals surface area contributed by atoms with Crippen LogP contribution in [0, 0.1) is 15.9 Å². The van der Waals surface area contributed by atoms with E-state index >= 15 is 0 Å². The summed E-state index contributed by atoms with van der Waals surface area (Å²) in [5, 5.41) is 0. The quantitative estimate of drug-likeness (QED) is 0.153. The molecule has 0 N–H and O–H groups in total. The average molecular weight is 470 g/mol. The summed E-state index contributed by atoms with van der Waals surface area (Å²) in [6.45, 7) is 4.30. The Kier molecular flexibility index (Phi) is 11.2. The highest BCUT2D eigenvalue weighted by molar-refractivity contribution is 14.1. The molecule has 0 saturated heterocycles. The topological polar surface area (TPSA) is 61.8 Å². The monoisotopic (exact) mass is 470 g/mol. The van der Waals surface area contributed by atoms with Gasteiger partial charge in [-0.1, -0.05) is 31.1 Å². The van der Waals surface area contributed by atoms with E-state index in [1.807, 2.05) is 24.3 Å². The zero-order valence-electron chi connectivity index (χ0n) is 14.7. The normalized spacial score (nSPS) is 9.85. The van der Waals surface area contributed by atoms with Crippen LogP contribution in [0.25, 0.3) is 0 Å². The highest BCUT2D eigenvalue weighted by Crippen LogP contribution is 2.20.